The molecule has 4 N–H and O–H groups in total. The van der Waals surface area contributed by atoms with E-state index < -0.39 is 12.1 Å². The van der Waals surface area contributed by atoms with Crippen molar-refractivity contribution < 1.29 is 14.7 Å². The maximum atomic E-state index is 13.5. The molecule has 3 amide bonds. The molecule has 2 atom stereocenters. The molecule has 7 nitrogen and oxygen atoms in total. The number of rotatable bonds is 8. The standard InChI is InChI=1S/C30H34N4O3/c35-20-26(19-25-12-11-23-6-3-4-8-27(23)25)32-29(36)28(33-30(37)34-15-13-31-14-16-34)18-21-9-10-22-5-1-2-7-24(22)17-21/h1-10,12,17,26,28,31,35H,11,13-16,18-20H2,(H,32,36)(H,33,37). The fourth-order valence-electron chi connectivity index (χ4n) is 5.20. The summed E-state index contributed by atoms with van der Waals surface area (Å²) in [6, 6.07) is 21.0. The summed E-state index contributed by atoms with van der Waals surface area (Å²) >= 11 is 0. The van der Waals surface area contributed by atoms with Crippen LogP contribution in [0.15, 0.2) is 72.8 Å². The maximum absolute atomic E-state index is 13.5. The van der Waals surface area contributed by atoms with Crippen LogP contribution in [0.25, 0.3) is 16.3 Å². The van der Waals surface area contributed by atoms with Crippen LogP contribution in [0.1, 0.15) is 23.1 Å². The van der Waals surface area contributed by atoms with Crippen LogP contribution in [-0.2, 0) is 17.6 Å². The number of allylic oxidation sites excluding steroid dienone is 1. The van der Waals surface area contributed by atoms with Gasteiger partial charge >= 0.3 is 6.03 Å². The van der Waals surface area contributed by atoms with Gasteiger partial charge in [-0.1, -0.05) is 72.8 Å². The predicted octanol–water partition coefficient (Wildman–Crippen LogP) is 2.87. The zero-order chi connectivity index (χ0) is 25.6. The normalized spacial score (nSPS) is 16.6. The Morgan fingerprint density at radius 3 is 2.49 bits per heavy atom. The topological polar surface area (TPSA) is 93.7 Å². The van der Waals surface area contributed by atoms with Crippen LogP contribution in [0.5, 0.6) is 0 Å². The highest BCUT2D eigenvalue weighted by Gasteiger charge is 2.27. The summed E-state index contributed by atoms with van der Waals surface area (Å²) in [5, 5.41) is 21.6. The third-order valence-electron chi connectivity index (χ3n) is 7.24. The first-order valence-corrected chi connectivity index (χ1v) is 13.0. The van der Waals surface area contributed by atoms with E-state index in [-0.39, 0.29) is 18.5 Å². The highest BCUT2D eigenvalue weighted by atomic mass is 16.3. The molecular weight excluding hydrogens is 464 g/mol. The number of hydrogen-bond donors (Lipinski definition) is 4. The number of urea groups is 1. The molecule has 0 radical (unpaired) electrons. The molecule has 1 heterocycles. The molecule has 3 aromatic carbocycles. The van der Waals surface area contributed by atoms with E-state index >= 15 is 0 Å². The summed E-state index contributed by atoms with van der Waals surface area (Å²) in [5.74, 6) is -0.289. The molecule has 0 spiro atoms. The molecule has 1 saturated heterocycles. The molecule has 7 heteroatoms. The van der Waals surface area contributed by atoms with Gasteiger partial charge in [0.15, 0.2) is 0 Å². The number of aliphatic hydroxyl groups is 1. The molecule has 1 aliphatic heterocycles. The number of hydrogen-bond acceptors (Lipinski definition) is 4. The van der Waals surface area contributed by atoms with Gasteiger partial charge < -0.3 is 26.0 Å². The van der Waals surface area contributed by atoms with Gasteiger partial charge in [0.2, 0.25) is 5.91 Å². The lowest BCUT2D eigenvalue weighted by atomic mass is 9.98. The van der Waals surface area contributed by atoms with Crippen LogP contribution in [0.2, 0.25) is 0 Å². The molecule has 2 unspecified atom stereocenters. The quantitative estimate of drug-likeness (QED) is 0.384. The molecule has 37 heavy (non-hydrogen) atoms. The molecule has 192 valence electrons. The molecule has 1 fully saturated rings. The van der Waals surface area contributed by atoms with Crippen LogP contribution in [0.4, 0.5) is 4.79 Å². The van der Waals surface area contributed by atoms with Crippen molar-refractivity contribution in [3.8, 4) is 0 Å². The van der Waals surface area contributed by atoms with Crippen LogP contribution in [-0.4, -0.2) is 66.8 Å². The lowest BCUT2D eigenvalue weighted by Crippen LogP contribution is -2.57. The first-order valence-electron chi connectivity index (χ1n) is 13.0. The Labute approximate surface area is 217 Å². The van der Waals surface area contributed by atoms with E-state index in [0.29, 0.717) is 25.9 Å². The zero-order valence-corrected chi connectivity index (χ0v) is 21.0. The van der Waals surface area contributed by atoms with Crippen molar-refractivity contribution in [2.75, 3.05) is 32.8 Å². The number of amides is 3. The highest BCUT2D eigenvalue weighted by Crippen LogP contribution is 2.30. The number of nitrogens with zero attached hydrogens (tertiary/aromatic N) is 1. The zero-order valence-electron chi connectivity index (χ0n) is 21.0. The van der Waals surface area contributed by atoms with Gasteiger partial charge in [0.25, 0.3) is 0 Å². The summed E-state index contributed by atoms with van der Waals surface area (Å²) < 4.78 is 0. The van der Waals surface area contributed by atoms with Gasteiger partial charge in [0.05, 0.1) is 12.6 Å². The molecule has 0 aromatic heterocycles. The summed E-state index contributed by atoms with van der Waals surface area (Å²) in [7, 11) is 0. The molecule has 5 rings (SSSR count). The highest BCUT2D eigenvalue weighted by molar-refractivity contribution is 5.88. The Balaban J connectivity index is 1.31. The Kier molecular flexibility index (Phi) is 7.82. The lowest BCUT2D eigenvalue weighted by Gasteiger charge is -2.30. The summed E-state index contributed by atoms with van der Waals surface area (Å²) in [5.41, 5.74) is 4.53. The lowest BCUT2D eigenvalue weighted by molar-refractivity contribution is -0.123. The average Bonchev–Trinajstić information content (AvgIpc) is 3.35. The fraction of sp³-hybridized carbons (Fsp3) is 0.333. The minimum atomic E-state index is -0.762. The molecule has 2 aliphatic rings. The minimum Gasteiger partial charge on any atom is -0.394 e. The SMILES string of the molecule is O=C(NC(CO)CC1=CCc2ccccc21)C(Cc1ccc2ccccc2c1)NC(=O)N1CCNCC1. The minimum absolute atomic E-state index is 0.181. The van der Waals surface area contributed by atoms with E-state index in [1.54, 1.807) is 4.90 Å². The first kappa shape index (κ1) is 25.0. The van der Waals surface area contributed by atoms with E-state index in [2.05, 4.69) is 46.3 Å². The largest absolute Gasteiger partial charge is 0.394 e. The van der Waals surface area contributed by atoms with Crippen LogP contribution >= 0.6 is 0 Å². The summed E-state index contributed by atoms with van der Waals surface area (Å²) in [6.45, 7) is 2.49. The molecule has 1 aliphatic carbocycles. The Morgan fingerprint density at radius 1 is 0.919 bits per heavy atom. The Bertz CT molecular complexity index is 1300. The van der Waals surface area contributed by atoms with Gasteiger partial charge in [-0.2, -0.15) is 0 Å². The van der Waals surface area contributed by atoms with Crippen molar-refractivity contribution in [3.63, 3.8) is 0 Å². The summed E-state index contributed by atoms with van der Waals surface area (Å²) in [4.78, 5) is 28.3. The smallest absolute Gasteiger partial charge is 0.318 e. The second-order valence-electron chi connectivity index (χ2n) is 9.81. The van der Waals surface area contributed by atoms with Gasteiger partial charge in [0.1, 0.15) is 6.04 Å². The van der Waals surface area contributed by atoms with E-state index in [1.807, 2.05) is 42.5 Å². The number of carbonyl (C=O) groups excluding carboxylic acids is 2. The number of benzene rings is 3. The van der Waals surface area contributed by atoms with Crippen molar-refractivity contribution in [1.29, 1.82) is 0 Å². The number of piperazine rings is 1. The van der Waals surface area contributed by atoms with Crippen molar-refractivity contribution in [2.45, 2.75) is 31.3 Å². The van der Waals surface area contributed by atoms with Crippen molar-refractivity contribution in [3.05, 3.63) is 89.5 Å². The van der Waals surface area contributed by atoms with Crippen LogP contribution in [0.3, 0.4) is 0 Å². The van der Waals surface area contributed by atoms with Gasteiger partial charge in [-0.3, -0.25) is 4.79 Å². The van der Waals surface area contributed by atoms with Crippen LogP contribution < -0.4 is 16.0 Å². The number of fused-ring (bicyclic) bond motifs is 2. The third kappa shape index (κ3) is 6.01. The Morgan fingerprint density at radius 2 is 1.68 bits per heavy atom. The van der Waals surface area contributed by atoms with Gasteiger partial charge in [0, 0.05) is 32.6 Å². The van der Waals surface area contributed by atoms with E-state index in [0.717, 1.165) is 41.4 Å². The van der Waals surface area contributed by atoms with Crippen molar-refractivity contribution >= 4 is 28.3 Å². The predicted molar refractivity (Wildman–Crippen MR) is 146 cm³/mol. The number of nitrogens with one attached hydrogen (secondary N) is 3. The van der Waals surface area contributed by atoms with Crippen molar-refractivity contribution in [2.24, 2.45) is 0 Å². The fourth-order valence-corrected chi connectivity index (χ4v) is 5.20. The maximum Gasteiger partial charge on any atom is 0.318 e. The first-order chi connectivity index (χ1) is 18.1. The van der Waals surface area contributed by atoms with Gasteiger partial charge in [-0.15, -0.1) is 0 Å². The Hall–Kier alpha value is -3.68. The molecule has 3 aromatic rings. The van der Waals surface area contributed by atoms with E-state index in [9.17, 15) is 14.7 Å². The third-order valence-corrected chi connectivity index (χ3v) is 7.24. The monoisotopic (exact) mass is 498 g/mol. The second-order valence-corrected chi connectivity index (χ2v) is 9.81. The second kappa shape index (κ2) is 11.6. The molecule has 0 saturated carbocycles. The van der Waals surface area contributed by atoms with E-state index in [1.165, 1.54) is 11.1 Å². The number of aliphatic hydroxyl groups excluding tert-OH is 1. The number of carbonyl (C=O) groups is 2. The van der Waals surface area contributed by atoms with E-state index in [4.69, 9.17) is 0 Å². The summed E-state index contributed by atoms with van der Waals surface area (Å²) in [6.07, 6.45) is 3.92. The average molecular weight is 499 g/mol. The van der Waals surface area contributed by atoms with Crippen molar-refractivity contribution in [1.82, 2.24) is 20.9 Å². The van der Waals surface area contributed by atoms with Crippen LogP contribution in [0, 0.1) is 0 Å². The molecule has 0 bridgehead atoms. The van der Waals surface area contributed by atoms with Gasteiger partial charge in [-0.05, 0) is 45.9 Å². The van der Waals surface area contributed by atoms with Gasteiger partial charge in [-0.25, -0.2) is 4.79 Å². The molecular formula is C30H34N4O3.